The van der Waals surface area contributed by atoms with Crippen molar-refractivity contribution in [3.63, 3.8) is 0 Å². The Labute approximate surface area is 166 Å². The van der Waals surface area contributed by atoms with Crippen LogP contribution in [-0.2, 0) is 16.0 Å². The first-order valence-corrected chi connectivity index (χ1v) is 10.2. The van der Waals surface area contributed by atoms with E-state index in [-0.39, 0.29) is 29.7 Å². The number of nitrogens with zero attached hydrogens (tertiary/aromatic N) is 2. The van der Waals surface area contributed by atoms with E-state index >= 15 is 0 Å². The normalized spacial score (nSPS) is 23.0. The van der Waals surface area contributed by atoms with E-state index in [2.05, 4.69) is 0 Å². The first-order chi connectivity index (χ1) is 13.2. The van der Waals surface area contributed by atoms with Gasteiger partial charge in [-0.3, -0.25) is 4.79 Å². The first-order valence-electron chi connectivity index (χ1n) is 10.2. The number of hydrogen-bond donors (Lipinski definition) is 0. The second-order valence-corrected chi connectivity index (χ2v) is 9.19. The number of carbonyl (C=O) groups excluding carboxylic acids is 2. The molecule has 6 heteroatoms. The number of halogens is 1. The van der Waals surface area contributed by atoms with Crippen LogP contribution in [0.15, 0.2) is 24.3 Å². The van der Waals surface area contributed by atoms with Crippen molar-refractivity contribution in [1.82, 2.24) is 9.80 Å². The van der Waals surface area contributed by atoms with Gasteiger partial charge in [0.15, 0.2) is 0 Å². The summed E-state index contributed by atoms with van der Waals surface area (Å²) in [5, 5.41) is 0. The van der Waals surface area contributed by atoms with Crippen LogP contribution in [0.25, 0.3) is 0 Å². The molecule has 5 nitrogen and oxygen atoms in total. The van der Waals surface area contributed by atoms with Gasteiger partial charge in [-0.25, -0.2) is 9.18 Å². The summed E-state index contributed by atoms with van der Waals surface area (Å²) >= 11 is 0. The Kier molecular flexibility index (Phi) is 5.96. The first kappa shape index (κ1) is 20.6. The van der Waals surface area contributed by atoms with Gasteiger partial charge in [-0.15, -0.1) is 0 Å². The summed E-state index contributed by atoms with van der Waals surface area (Å²) in [6, 6.07) is 6.44. The van der Waals surface area contributed by atoms with Crippen LogP contribution in [0.5, 0.6) is 0 Å². The predicted octanol–water partition coefficient (Wildman–Crippen LogP) is 4.01. The predicted molar refractivity (Wildman–Crippen MR) is 105 cm³/mol. The summed E-state index contributed by atoms with van der Waals surface area (Å²) in [7, 11) is 0. The lowest BCUT2D eigenvalue weighted by molar-refractivity contribution is -0.135. The molecule has 3 rings (SSSR count). The molecule has 0 aromatic heterocycles. The molecule has 1 aromatic carbocycles. The fourth-order valence-corrected chi connectivity index (χ4v) is 4.36. The molecule has 1 unspecified atom stereocenters. The van der Waals surface area contributed by atoms with Gasteiger partial charge in [0.05, 0.1) is 6.42 Å². The molecule has 1 atom stereocenters. The Morgan fingerprint density at radius 1 is 1.07 bits per heavy atom. The Morgan fingerprint density at radius 2 is 1.68 bits per heavy atom. The van der Waals surface area contributed by atoms with Gasteiger partial charge in [0.25, 0.3) is 0 Å². The van der Waals surface area contributed by atoms with E-state index in [0.29, 0.717) is 31.7 Å². The molecule has 0 radical (unpaired) electrons. The van der Waals surface area contributed by atoms with Gasteiger partial charge in [-0.2, -0.15) is 0 Å². The molecule has 2 heterocycles. The molecule has 2 aliphatic heterocycles. The van der Waals surface area contributed by atoms with Crippen molar-refractivity contribution in [2.45, 2.75) is 58.5 Å². The second-order valence-electron chi connectivity index (χ2n) is 9.19. The van der Waals surface area contributed by atoms with Gasteiger partial charge in [0.1, 0.15) is 11.4 Å². The Hall–Kier alpha value is -2.11. The fourth-order valence-electron chi connectivity index (χ4n) is 4.36. The highest BCUT2D eigenvalue weighted by Gasteiger charge is 2.42. The molecule has 2 saturated heterocycles. The molecule has 0 N–H and O–H groups in total. The SMILES string of the molecule is CC(C)(C)OC(=O)N1CCCC2(CCCN(C(=O)Cc3ccccc3F)C2)C1. The summed E-state index contributed by atoms with van der Waals surface area (Å²) in [5.74, 6) is -0.380. The largest absolute Gasteiger partial charge is 0.444 e. The second kappa shape index (κ2) is 8.10. The zero-order valence-corrected chi connectivity index (χ0v) is 17.2. The summed E-state index contributed by atoms with van der Waals surface area (Å²) in [5.41, 5.74) is -0.167. The maximum Gasteiger partial charge on any atom is 0.410 e. The highest BCUT2D eigenvalue weighted by molar-refractivity contribution is 5.79. The highest BCUT2D eigenvalue weighted by atomic mass is 19.1. The third-order valence-electron chi connectivity index (χ3n) is 5.63. The van der Waals surface area contributed by atoms with Crippen LogP contribution in [0.4, 0.5) is 9.18 Å². The van der Waals surface area contributed by atoms with Crippen molar-refractivity contribution in [3.05, 3.63) is 35.6 Å². The van der Waals surface area contributed by atoms with E-state index in [1.807, 2.05) is 25.7 Å². The smallest absolute Gasteiger partial charge is 0.410 e. The van der Waals surface area contributed by atoms with E-state index in [1.165, 1.54) is 6.07 Å². The summed E-state index contributed by atoms with van der Waals surface area (Å²) < 4.78 is 19.5. The number of likely N-dealkylation sites (tertiary alicyclic amines) is 2. The lowest BCUT2D eigenvalue weighted by Crippen LogP contribution is -2.55. The third kappa shape index (κ3) is 5.03. The average molecular weight is 390 g/mol. The van der Waals surface area contributed by atoms with Crippen LogP contribution in [0, 0.1) is 11.2 Å². The van der Waals surface area contributed by atoms with Crippen molar-refractivity contribution in [2.75, 3.05) is 26.2 Å². The number of amides is 2. The fraction of sp³-hybridized carbons (Fsp3) is 0.636. The van der Waals surface area contributed by atoms with E-state index in [4.69, 9.17) is 4.74 Å². The quantitative estimate of drug-likeness (QED) is 0.767. The van der Waals surface area contributed by atoms with E-state index < -0.39 is 5.60 Å². The lowest BCUT2D eigenvalue weighted by atomic mass is 9.73. The van der Waals surface area contributed by atoms with Crippen LogP contribution in [0.1, 0.15) is 52.0 Å². The minimum absolute atomic E-state index is 0.0430. The molecular weight excluding hydrogens is 359 g/mol. The number of carbonyl (C=O) groups is 2. The molecule has 28 heavy (non-hydrogen) atoms. The van der Waals surface area contributed by atoms with Crippen molar-refractivity contribution < 1.29 is 18.7 Å². The van der Waals surface area contributed by atoms with E-state index in [9.17, 15) is 14.0 Å². The monoisotopic (exact) mass is 390 g/mol. The molecular formula is C22H31FN2O3. The molecule has 0 saturated carbocycles. The molecule has 1 aromatic rings. The third-order valence-corrected chi connectivity index (χ3v) is 5.63. The molecule has 2 aliphatic rings. The van der Waals surface area contributed by atoms with E-state index in [0.717, 1.165) is 25.7 Å². The van der Waals surface area contributed by atoms with Gasteiger partial charge in [-0.1, -0.05) is 18.2 Å². The van der Waals surface area contributed by atoms with Gasteiger partial charge in [0.2, 0.25) is 5.91 Å². The van der Waals surface area contributed by atoms with Gasteiger partial charge in [-0.05, 0) is 58.1 Å². The van der Waals surface area contributed by atoms with Crippen molar-refractivity contribution in [3.8, 4) is 0 Å². The zero-order chi connectivity index (χ0) is 20.4. The Morgan fingerprint density at radius 3 is 2.32 bits per heavy atom. The minimum atomic E-state index is -0.518. The Balaban J connectivity index is 1.65. The lowest BCUT2D eigenvalue weighted by Gasteiger charge is -2.48. The van der Waals surface area contributed by atoms with Crippen LogP contribution in [-0.4, -0.2) is 53.6 Å². The summed E-state index contributed by atoms with van der Waals surface area (Å²) in [6.45, 7) is 8.24. The van der Waals surface area contributed by atoms with Crippen LogP contribution in [0.2, 0.25) is 0 Å². The molecule has 0 aliphatic carbocycles. The van der Waals surface area contributed by atoms with Crippen LogP contribution >= 0.6 is 0 Å². The van der Waals surface area contributed by atoms with Gasteiger partial charge < -0.3 is 14.5 Å². The van der Waals surface area contributed by atoms with Crippen LogP contribution in [0.3, 0.4) is 0 Å². The average Bonchev–Trinajstić information content (AvgIpc) is 2.62. The maximum absolute atomic E-state index is 13.9. The number of benzene rings is 1. The molecule has 1 spiro atoms. The molecule has 2 fully saturated rings. The van der Waals surface area contributed by atoms with Gasteiger partial charge in [0, 0.05) is 31.6 Å². The molecule has 154 valence electrons. The number of piperidine rings is 2. The van der Waals surface area contributed by atoms with E-state index in [1.54, 1.807) is 23.1 Å². The topological polar surface area (TPSA) is 49.9 Å². The summed E-state index contributed by atoms with van der Waals surface area (Å²) in [4.78, 5) is 29.0. The van der Waals surface area contributed by atoms with Crippen LogP contribution < -0.4 is 0 Å². The standard InChI is InChI=1S/C22H31FN2O3/c1-21(2,3)28-20(27)25-13-7-11-22(16-25)10-6-12-24(15-22)19(26)14-17-8-4-5-9-18(17)23/h4-5,8-9H,6-7,10-16H2,1-3H3. The highest BCUT2D eigenvalue weighted by Crippen LogP contribution is 2.39. The summed E-state index contributed by atoms with van der Waals surface area (Å²) in [6.07, 6.45) is 3.62. The van der Waals surface area contributed by atoms with Crippen molar-refractivity contribution in [2.24, 2.45) is 5.41 Å². The maximum atomic E-state index is 13.9. The minimum Gasteiger partial charge on any atom is -0.444 e. The number of rotatable bonds is 2. The number of hydrogen-bond acceptors (Lipinski definition) is 3. The van der Waals surface area contributed by atoms with Crippen molar-refractivity contribution in [1.29, 1.82) is 0 Å². The number of ether oxygens (including phenoxy) is 1. The molecule has 2 amide bonds. The van der Waals surface area contributed by atoms with Gasteiger partial charge >= 0.3 is 6.09 Å². The van der Waals surface area contributed by atoms with Crippen molar-refractivity contribution >= 4 is 12.0 Å². The Bertz CT molecular complexity index is 727. The molecule has 0 bridgehead atoms. The zero-order valence-electron chi connectivity index (χ0n) is 17.2.